The molecule has 8 heteroatoms. The number of aliphatic carboxylic acids is 1. The molecule has 0 saturated heterocycles. The normalized spacial score (nSPS) is 11.6. The van der Waals surface area contributed by atoms with Crippen molar-refractivity contribution < 1.29 is 19.6 Å². The highest BCUT2D eigenvalue weighted by atomic mass is 32.1. The van der Waals surface area contributed by atoms with Crippen molar-refractivity contribution in [3.8, 4) is 0 Å². The number of carboxylic acids is 1. The molecule has 0 radical (unpaired) electrons. The van der Waals surface area contributed by atoms with Gasteiger partial charge in [0.05, 0.1) is 9.80 Å². The van der Waals surface area contributed by atoms with E-state index in [-0.39, 0.29) is 16.3 Å². The van der Waals surface area contributed by atoms with Gasteiger partial charge in [0.2, 0.25) is 0 Å². The summed E-state index contributed by atoms with van der Waals surface area (Å²) < 4.78 is 0. The molecule has 0 spiro atoms. The summed E-state index contributed by atoms with van der Waals surface area (Å²) in [6.07, 6.45) is 2.22. The Bertz CT molecular complexity index is 511. The van der Waals surface area contributed by atoms with Gasteiger partial charge in [-0.05, 0) is 18.9 Å². The first-order valence-corrected chi connectivity index (χ1v) is 6.16. The zero-order valence-corrected chi connectivity index (χ0v) is 10.7. The van der Waals surface area contributed by atoms with Gasteiger partial charge in [0, 0.05) is 6.07 Å². The van der Waals surface area contributed by atoms with E-state index >= 15 is 0 Å². The molecule has 1 amide bonds. The number of carbonyl (C=O) groups excluding carboxylic acids is 1. The number of allylic oxidation sites excluding steroid dienone is 1. The van der Waals surface area contributed by atoms with Gasteiger partial charge >= 0.3 is 11.0 Å². The molecule has 0 bridgehead atoms. The van der Waals surface area contributed by atoms with E-state index in [1.54, 1.807) is 6.08 Å². The second-order valence-electron chi connectivity index (χ2n) is 3.63. The first-order chi connectivity index (χ1) is 8.95. The first kappa shape index (κ1) is 14.8. The number of thiophene rings is 1. The second kappa shape index (κ2) is 6.64. The minimum atomic E-state index is -1.15. The van der Waals surface area contributed by atoms with Gasteiger partial charge in [-0.2, -0.15) is 0 Å². The standard InChI is InChI=1S/C11H12N2O5S/c1-2-3-4-7(11(15)16)12-10(14)8-5-6-9(19-8)13(17)18/h2,5-7H,1,3-4H2,(H,12,14)(H,15,16). The molecule has 1 aromatic heterocycles. The molecule has 7 nitrogen and oxygen atoms in total. The monoisotopic (exact) mass is 284 g/mol. The Balaban J connectivity index is 2.72. The summed E-state index contributed by atoms with van der Waals surface area (Å²) in [5.41, 5.74) is 0. The van der Waals surface area contributed by atoms with Crippen LogP contribution in [0, 0.1) is 10.1 Å². The van der Waals surface area contributed by atoms with Crippen molar-refractivity contribution in [2.75, 3.05) is 0 Å². The van der Waals surface area contributed by atoms with Crippen LogP contribution >= 0.6 is 11.3 Å². The molecule has 1 heterocycles. The topological polar surface area (TPSA) is 110 Å². The predicted molar refractivity (Wildman–Crippen MR) is 69.3 cm³/mol. The van der Waals surface area contributed by atoms with Crippen LogP contribution < -0.4 is 5.32 Å². The Labute approximate surface area is 112 Å². The summed E-state index contributed by atoms with van der Waals surface area (Å²) in [4.78, 5) is 32.7. The highest BCUT2D eigenvalue weighted by Gasteiger charge is 2.22. The number of hydrogen-bond donors (Lipinski definition) is 2. The Hall–Kier alpha value is -2.22. The Morgan fingerprint density at radius 1 is 1.58 bits per heavy atom. The van der Waals surface area contributed by atoms with Crippen LogP contribution in [-0.2, 0) is 4.79 Å². The SMILES string of the molecule is C=CCCC(NC(=O)c1ccc([N+](=O)[O-])s1)C(=O)O. The molecule has 0 fully saturated rings. The maximum absolute atomic E-state index is 11.7. The molecule has 0 aliphatic rings. The van der Waals surface area contributed by atoms with Crippen molar-refractivity contribution in [1.82, 2.24) is 5.32 Å². The van der Waals surface area contributed by atoms with Crippen LogP contribution in [0.1, 0.15) is 22.5 Å². The molecule has 0 aliphatic carbocycles. The Kier molecular flexibility index (Phi) is 5.19. The fraction of sp³-hybridized carbons (Fsp3) is 0.273. The lowest BCUT2D eigenvalue weighted by Gasteiger charge is -2.12. The van der Waals surface area contributed by atoms with E-state index in [0.29, 0.717) is 17.8 Å². The number of carboxylic acid groups (broad SMARTS) is 1. The van der Waals surface area contributed by atoms with E-state index in [1.165, 1.54) is 12.1 Å². The van der Waals surface area contributed by atoms with E-state index in [1.807, 2.05) is 0 Å². The quantitative estimate of drug-likeness (QED) is 0.450. The number of nitrogens with one attached hydrogen (secondary N) is 1. The van der Waals surface area contributed by atoms with Crippen LogP contribution in [0.5, 0.6) is 0 Å². The van der Waals surface area contributed by atoms with Crippen LogP contribution in [-0.4, -0.2) is 27.9 Å². The average molecular weight is 284 g/mol. The van der Waals surface area contributed by atoms with E-state index in [4.69, 9.17) is 5.11 Å². The third-order valence-electron chi connectivity index (χ3n) is 2.26. The number of nitro groups is 1. The number of carbonyl (C=O) groups is 2. The molecule has 102 valence electrons. The van der Waals surface area contributed by atoms with Gasteiger partial charge in [0.15, 0.2) is 0 Å². The molecule has 19 heavy (non-hydrogen) atoms. The van der Waals surface area contributed by atoms with Crippen molar-refractivity contribution in [2.24, 2.45) is 0 Å². The van der Waals surface area contributed by atoms with Crippen molar-refractivity contribution in [3.63, 3.8) is 0 Å². The molecular formula is C11H12N2O5S. The summed E-state index contributed by atoms with van der Waals surface area (Å²) in [6, 6.07) is 1.47. The van der Waals surface area contributed by atoms with E-state index in [2.05, 4.69) is 11.9 Å². The van der Waals surface area contributed by atoms with Gasteiger partial charge < -0.3 is 10.4 Å². The lowest BCUT2D eigenvalue weighted by molar-refractivity contribution is -0.380. The Morgan fingerprint density at radius 3 is 2.74 bits per heavy atom. The van der Waals surface area contributed by atoms with E-state index in [0.717, 1.165) is 0 Å². The summed E-state index contributed by atoms with van der Waals surface area (Å²) in [5.74, 6) is -1.78. The van der Waals surface area contributed by atoms with Crippen molar-refractivity contribution in [3.05, 3.63) is 39.8 Å². The van der Waals surface area contributed by atoms with Crippen LogP contribution in [0.2, 0.25) is 0 Å². The Morgan fingerprint density at radius 2 is 2.26 bits per heavy atom. The van der Waals surface area contributed by atoms with E-state index < -0.39 is 22.8 Å². The maximum Gasteiger partial charge on any atom is 0.326 e. The van der Waals surface area contributed by atoms with Gasteiger partial charge in [-0.15, -0.1) is 6.58 Å². The summed E-state index contributed by atoms with van der Waals surface area (Å²) in [5, 5.41) is 21.6. The molecule has 2 N–H and O–H groups in total. The van der Waals surface area contributed by atoms with Crippen LogP contribution in [0.25, 0.3) is 0 Å². The molecule has 0 saturated carbocycles. The minimum Gasteiger partial charge on any atom is -0.480 e. The lowest BCUT2D eigenvalue weighted by Crippen LogP contribution is -2.40. The average Bonchev–Trinajstić information content (AvgIpc) is 2.83. The number of rotatable bonds is 7. The van der Waals surface area contributed by atoms with Crippen LogP contribution in [0.3, 0.4) is 0 Å². The van der Waals surface area contributed by atoms with Crippen molar-refractivity contribution in [1.29, 1.82) is 0 Å². The third kappa shape index (κ3) is 4.18. The highest BCUT2D eigenvalue weighted by Crippen LogP contribution is 2.23. The zero-order chi connectivity index (χ0) is 14.4. The third-order valence-corrected chi connectivity index (χ3v) is 3.29. The number of amides is 1. The minimum absolute atomic E-state index is 0.108. The number of hydrogen-bond acceptors (Lipinski definition) is 5. The molecule has 1 unspecified atom stereocenters. The highest BCUT2D eigenvalue weighted by molar-refractivity contribution is 7.17. The van der Waals surface area contributed by atoms with Crippen molar-refractivity contribution >= 4 is 28.2 Å². The van der Waals surface area contributed by atoms with Crippen LogP contribution in [0.15, 0.2) is 24.8 Å². The van der Waals surface area contributed by atoms with Gasteiger partial charge in [-0.25, -0.2) is 4.79 Å². The smallest absolute Gasteiger partial charge is 0.326 e. The summed E-state index contributed by atoms with van der Waals surface area (Å²) in [6.45, 7) is 3.47. The van der Waals surface area contributed by atoms with Gasteiger partial charge in [-0.3, -0.25) is 14.9 Å². The van der Waals surface area contributed by atoms with Crippen molar-refractivity contribution in [2.45, 2.75) is 18.9 Å². The van der Waals surface area contributed by atoms with Gasteiger partial charge in [0.1, 0.15) is 6.04 Å². The largest absolute Gasteiger partial charge is 0.480 e. The first-order valence-electron chi connectivity index (χ1n) is 5.34. The fourth-order valence-corrected chi connectivity index (χ4v) is 2.04. The van der Waals surface area contributed by atoms with Gasteiger partial charge in [-0.1, -0.05) is 17.4 Å². The molecule has 0 aliphatic heterocycles. The fourth-order valence-electron chi connectivity index (χ4n) is 1.32. The number of nitrogens with zero attached hydrogens (tertiary/aromatic N) is 1. The molecule has 0 aromatic carbocycles. The molecular weight excluding hydrogens is 272 g/mol. The van der Waals surface area contributed by atoms with Gasteiger partial charge in [0.25, 0.3) is 5.91 Å². The molecule has 1 aromatic rings. The molecule has 1 atom stereocenters. The van der Waals surface area contributed by atoms with E-state index in [9.17, 15) is 19.7 Å². The summed E-state index contributed by atoms with van der Waals surface area (Å²) in [7, 11) is 0. The second-order valence-corrected chi connectivity index (χ2v) is 4.69. The molecule has 1 rings (SSSR count). The zero-order valence-electron chi connectivity index (χ0n) is 9.87. The van der Waals surface area contributed by atoms with Crippen LogP contribution in [0.4, 0.5) is 5.00 Å². The maximum atomic E-state index is 11.7. The summed E-state index contributed by atoms with van der Waals surface area (Å²) >= 11 is 0.702. The lowest BCUT2D eigenvalue weighted by atomic mass is 10.1. The predicted octanol–water partition coefficient (Wildman–Crippen LogP) is 1.81.